The number of nitrogens with one attached hydrogen (secondary N) is 1. The van der Waals surface area contributed by atoms with Crippen LogP contribution in [-0.4, -0.2) is 23.1 Å². The lowest BCUT2D eigenvalue weighted by Crippen LogP contribution is -2.30. The summed E-state index contributed by atoms with van der Waals surface area (Å²) in [6.07, 6.45) is -1.20. The van der Waals surface area contributed by atoms with Crippen LogP contribution in [0.5, 0.6) is 5.75 Å². The largest absolute Gasteiger partial charge is 0.507 e. The molecule has 0 heterocycles. The highest BCUT2D eigenvalue weighted by atomic mass is 19.2. The van der Waals surface area contributed by atoms with Gasteiger partial charge in [0.25, 0.3) is 5.91 Å². The van der Waals surface area contributed by atoms with Gasteiger partial charge in [-0.25, -0.2) is 13.6 Å². The van der Waals surface area contributed by atoms with E-state index in [1.165, 1.54) is 25.1 Å². The van der Waals surface area contributed by atoms with E-state index >= 15 is 0 Å². The molecular formula is C17H15F2NO4. The highest BCUT2D eigenvalue weighted by molar-refractivity contribution is 5.98. The zero-order valence-corrected chi connectivity index (χ0v) is 13.0. The van der Waals surface area contributed by atoms with Gasteiger partial charge in [-0.1, -0.05) is 11.6 Å². The van der Waals surface area contributed by atoms with Gasteiger partial charge in [0.2, 0.25) is 0 Å². The lowest BCUT2D eigenvalue weighted by atomic mass is 10.1. The third-order valence-corrected chi connectivity index (χ3v) is 3.21. The molecule has 1 atom stereocenters. The molecule has 0 spiro atoms. The van der Waals surface area contributed by atoms with E-state index < -0.39 is 29.6 Å². The minimum atomic E-state index is -1.20. The van der Waals surface area contributed by atoms with Gasteiger partial charge in [0.1, 0.15) is 11.3 Å². The molecule has 0 aliphatic heterocycles. The van der Waals surface area contributed by atoms with Crippen molar-refractivity contribution in [1.29, 1.82) is 0 Å². The predicted molar refractivity (Wildman–Crippen MR) is 82.7 cm³/mol. The van der Waals surface area contributed by atoms with Crippen molar-refractivity contribution in [3.8, 4) is 5.75 Å². The minimum absolute atomic E-state index is 0.0280. The number of phenols is 1. The molecule has 7 heteroatoms. The fourth-order valence-electron chi connectivity index (χ4n) is 1.91. The molecule has 5 nitrogen and oxygen atoms in total. The van der Waals surface area contributed by atoms with E-state index in [0.29, 0.717) is 0 Å². The van der Waals surface area contributed by atoms with Gasteiger partial charge in [-0.3, -0.25) is 4.79 Å². The molecule has 24 heavy (non-hydrogen) atoms. The van der Waals surface area contributed by atoms with Crippen LogP contribution < -0.4 is 5.32 Å². The van der Waals surface area contributed by atoms with E-state index in [9.17, 15) is 23.5 Å². The molecule has 0 bridgehead atoms. The molecule has 0 radical (unpaired) electrons. The monoisotopic (exact) mass is 335 g/mol. The van der Waals surface area contributed by atoms with Crippen molar-refractivity contribution in [2.75, 3.05) is 5.32 Å². The van der Waals surface area contributed by atoms with Gasteiger partial charge in [-0.15, -0.1) is 0 Å². The third-order valence-electron chi connectivity index (χ3n) is 3.21. The fourth-order valence-corrected chi connectivity index (χ4v) is 1.91. The zero-order chi connectivity index (χ0) is 17.9. The van der Waals surface area contributed by atoms with Crippen molar-refractivity contribution in [2.24, 2.45) is 0 Å². The van der Waals surface area contributed by atoms with Gasteiger partial charge in [0.15, 0.2) is 17.7 Å². The smallest absolute Gasteiger partial charge is 0.342 e. The van der Waals surface area contributed by atoms with Gasteiger partial charge in [-0.05, 0) is 38.1 Å². The molecule has 2 N–H and O–H groups in total. The van der Waals surface area contributed by atoms with E-state index in [4.69, 9.17) is 4.74 Å². The van der Waals surface area contributed by atoms with Crippen LogP contribution in [0.25, 0.3) is 0 Å². The lowest BCUT2D eigenvalue weighted by molar-refractivity contribution is -0.123. The summed E-state index contributed by atoms with van der Waals surface area (Å²) in [5.74, 6) is -4.01. The Kier molecular flexibility index (Phi) is 5.13. The number of hydrogen-bond donors (Lipinski definition) is 2. The highest BCUT2D eigenvalue weighted by Gasteiger charge is 2.21. The second-order valence-electron chi connectivity index (χ2n) is 5.19. The summed E-state index contributed by atoms with van der Waals surface area (Å²) in [7, 11) is 0. The van der Waals surface area contributed by atoms with Crippen LogP contribution in [0.4, 0.5) is 14.5 Å². The number of benzene rings is 2. The van der Waals surface area contributed by atoms with Crippen molar-refractivity contribution >= 4 is 17.6 Å². The van der Waals surface area contributed by atoms with E-state index in [0.717, 1.165) is 17.7 Å². The van der Waals surface area contributed by atoms with E-state index in [1.54, 1.807) is 13.0 Å². The Balaban J connectivity index is 2.04. The first kappa shape index (κ1) is 17.4. The second-order valence-corrected chi connectivity index (χ2v) is 5.19. The maximum absolute atomic E-state index is 13.1. The van der Waals surface area contributed by atoms with Gasteiger partial charge in [0.05, 0.1) is 0 Å². The van der Waals surface area contributed by atoms with Crippen LogP contribution in [0.1, 0.15) is 22.8 Å². The van der Waals surface area contributed by atoms with E-state index in [1.807, 2.05) is 0 Å². The average Bonchev–Trinajstić information content (AvgIpc) is 2.53. The molecule has 0 saturated heterocycles. The van der Waals surface area contributed by atoms with Crippen LogP contribution >= 0.6 is 0 Å². The number of amides is 1. The summed E-state index contributed by atoms with van der Waals surface area (Å²) in [5.41, 5.74) is 0.696. The molecule has 0 aromatic heterocycles. The maximum Gasteiger partial charge on any atom is 0.342 e. The van der Waals surface area contributed by atoms with Crippen molar-refractivity contribution in [3.63, 3.8) is 0 Å². The first-order valence-electron chi connectivity index (χ1n) is 7.04. The Morgan fingerprint density at radius 1 is 1.12 bits per heavy atom. The zero-order valence-electron chi connectivity index (χ0n) is 13.0. The number of ether oxygens (including phenoxy) is 1. The summed E-state index contributed by atoms with van der Waals surface area (Å²) in [5, 5.41) is 12.0. The number of carbonyl (C=O) groups excluding carboxylic acids is 2. The van der Waals surface area contributed by atoms with Crippen LogP contribution in [0.15, 0.2) is 36.4 Å². The van der Waals surface area contributed by atoms with Gasteiger partial charge in [-0.2, -0.15) is 0 Å². The van der Waals surface area contributed by atoms with Crippen LogP contribution in [-0.2, 0) is 9.53 Å². The molecular weight excluding hydrogens is 320 g/mol. The first-order valence-corrected chi connectivity index (χ1v) is 7.04. The molecule has 2 aromatic carbocycles. The van der Waals surface area contributed by atoms with E-state index in [2.05, 4.69) is 5.32 Å². The predicted octanol–water partition coefficient (Wildman–Crippen LogP) is 3.16. The second kappa shape index (κ2) is 7.08. The number of anilines is 1. The normalized spacial score (nSPS) is 11.7. The number of carbonyl (C=O) groups is 2. The summed E-state index contributed by atoms with van der Waals surface area (Å²) < 4.78 is 30.9. The number of phenolic OH excluding ortho intramolecular Hbond substituents is 1. The topological polar surface area (TPSA) is 75.6 Å². The lowest BCUT2D eigenvalue weighted by Gasteiger charge is -2.14. The van der Waals surface area contributed by atoms with Gasteiger partial charge < -0.3 is 15.2 Å². The molecule has 0 unspecified atom stereocenters. The number of aryl methyl sites for hydroxylation is 1. The van der Waals surface area contributed by atoms with Crippen molar-refractivity contribution in [2.45, 2.75) is 20.0 Å². The third kappa shape index (κ3) is 4.07. The summed E-state index contributed by atoms with van der Waals surface area (Å²) in [6.45, 7) is 3.05. The number of rotatable bonds is 4. The number of aromatic hydroxyl groups is 1. The molecule has 0 saturated carbocycles. The molecule has 1 amide bonds. The maximum atomic E-state index is 13.1. The van der Waals surface area contributed by atoms with Gasteiger partial charge >= 0.3 is 5.97 Å². The number of esters is 1. The standard InChI is InChI=1S/C17H15F2NO4/c1-9-3-6-15(21)12(7-9)17(23)24-10(2)16(22)20-11-4-5-13(18)14(19)8-11/h3-8,10,21H,1-2H3,(H,20,22)/t10-/m0/s1. The van der Waals surface area contributed by atoms with E-state index in [-0.39, 0.29) is 17.0 Å². The molecule has 2 aromatic rings. The highest BCUT2D eigenvalue weighted by Crippen LogP contribution is 2.20. The number of hydrogen-bond acceptors (Lipinski definition) is 4. The molecule has 0 aliphatic rings. The first-order chi connectivity index (χ1) is 11.3. The van der Waals surface area contributed by atoms with Crippen LogP contribution in [0.3, 0.4) is 0 Å². The Morgan fingerprint density at radius 2 is 1.83 bits per heavy atom. The summed E-state index contributed by atoms with van der Waals surface area (Å²) in [6, 6.07) is 7.25. The SMILES string of the molecule is Cc1ccc(O)c(C(=O)O[C@@H](C)C(=O)Nc2ccc(F)c(F)c2)c1. The minimum Gasteiger partial charge on any atom is -0.507 e. The summed E-state index contributed by atoms with van der Waals surface area (Å²) >= 11 is 0. The fraction of sp³-hybridized carbons (Fsp3) is 0.176. The molecule has 0 fully saturated rings. The van der Waals surface area contributed by atoms with Gasteiger partial charge in [0, 0.05) is 11.8 Å². The Hall–Kier alpha value is -2.96. The number of halogens is 2. The van der Waals surface area contributed by atoms with Crippen molar-refractivity contribution < 1.29 is 28.2 Å². The Bertz CT molecular complexity index is 792. The van der Waals surface area contributed by atoms with Crippen LogP contribution in [0.2, 0.25) is 0 Å². The molecule has 2 rings (SSSR count). The Morgan fingerprint density at radius 3 is 2.50 bits per heavy atom. The van der Waals surface area contributed by atoms with Crippen molar-refractivity contribution in [3.05, 3.63) is 59.2 Å². The quantitative estimate of drug-likeness (QED) is 0.842. The summed E-state index contributed by atoms with van der Waals surface area (Å²) in [4.78, 5) is 24.0. The Labute approximate surface area is 136 Å². The molecule has 0 aliphatic carbocycles. The molecule has 126 valence electrons. The van der Waals surface area contributed by atoms with Crippen LogP contribution in [0, 0.1) is 18.6 Å². The van der Waals surface area contributed by atoms with Crippen molar-refractivity contribution in [1.82, 2.24) is 0 Å². The average molecular weight is 335 g/mol.